The molecule has 1 N–H and O–H groups in total. The van der Waals surface area contributed by atoms with Crippen LogP contribution in [0.4, 0.5) is 5.69 Å². The van der Waals surface area contributed by atoms with Crippen molar-refractivity contribution in [3.05, 3.63) is 52.9 Å². The predicted molar refractivity (Wildman–Crippen MR) is 84.4 cm³/mol. The van der Waals surface area contributed by atoms with Gasteiger partial charge < -0.3 is 14.6 Å². The lowest BCUT2D eigenvalue weighted by Gasteiger charge is -2.24. The maximum absolute atomic E-state index is 6.44. The summed E-state index contributed by atoms with van der Waals surface area (Å²) in [4.78, 5) is 2.20. The Balaban J connectivity index is 2.21. The van der Waals surface area contributed by atoms with Gasteiger partial charge in [-0.05, 0) is 50.7 Å². The molecule has 2 aromatic rings. The Morgan fingerprint density at radius 1 is 1.35 bits per heavy atom. The molecular formula is C16H21ClN2O. The standard InChI is InChI=1S/C16H21ClN2O/c1-4-19(11-14-6-5-9-20-14)16-8-7-13(10-15(16)17)12(2)18-3/h5-10,12,18H,4,11H2,1-3H3. The minimum absolute atomic E-state index is 0.293. The molecule has 0 aliphatic rings. The Labute approximate surface area is 125 Å². The fourth-order valence-corrected chi connectivity index (χ4v) is 2.48. The zero-order valence-electron chi connectivity index (χ0n) is 12.2. The van der Waals surface area contributed by atoms with Crippen molar-refractivity contribution in [3.63, 3.8) is 0 Å². The molecule has 4 heteroatoms. The SMILES string of the molecule is CCN(Cc1ccco1)c1ccc(C(C)NC)cc1Cl. The van der Waals surface area contributed by atoms with Gasteiger partial charge in [0.05, 0.1) is 23.5 Å². The summed E-state index contributed by atoms with van der Waals surface area (Å²) in [5.41, 5.74) is 2.23. The van der Waals surface area contributed by atoms with E-state index in [9.17, 15) is 0 Å². The normalized spacial score (nSPS) is 12.4. The topological polar surface area (TPSA) is 28.4 Å². The zero-order chi connectivity index (χ0) is 14.5. The van der Waals surface area contributed by atoms with E-state index in [-0.39, 0.29) is 0 Å². The van der Waals surface area contributed by atoms with E-state index < -0.39 is 0 Å². The maximum Gasteiger partial charge on any atom is 0.123 e. The van der Waals surface area contributed by atoms with Crippen LogP contribution in [0.15, 0.2) is 41.0 Å². The van der Waals surface area contributed by atoms with E-state index in [1.165, 1.54) is 5.56 Å². The number of benzene rings is 1. The lowest BCUT2D eigenvalue weighted by atomic mass is 10.1. The van der Waals surface area contributed by atoms with Crippen molar-refractivity contribution in [1.29, 1.82) is 0 Å². The summed E-state index contributed by atoms with van der Waals surface area (Å²) >= 11 is 6.44. The first-order valence-electron chi connectivity index (χ1n) is 6.89. The summed E-state index contributed by atoms with van der Waals surface area (Å²) in [7, 11) is 1.95. The molecule has 0 amide bonds. The van der Waals surface area contributed by atoms with Crippen molar-refractivity contribution in [3.8, 4) is 0 Å². The van der Waals surface area contributed by atoms with Crippen LogP contribution in [0.1, 0.15) is 31.2 Å². The minimum atomic E-state index is 0.293. The van der Waals surface area contributed by atoms with Gasteiger partial charge in [0, 0.05) is 12.6 Å². The van der Waals surface area contributed by atoms with Gasteiger partial charge in [0.1, 0.15) is 5.76 Å². The first-order valence-corrected chi connectivity index (χ1v) is 7.27. The van der Waals surface area contributed by atoms with E-state index in [1.807, 2.05) is 25.2 Å². The number of hydrogen-bond acceptors (Lipinski definition) is 3. The highest BCUT2D eigenvalue weighted by Gasteiger charge is 2.12. The van der Waals surface area contributed by atoms with Gasteiger partial charge in [-0.15, -0.1) is 0 Å². The number of nitrogens with one attached hydrogen (secondary N) is 1. The van der Waals surface area contributed by atoms with E-state index in [4.69, 9.17) is 16.0 Å². The summed E-state index contributed by atoms with van der Waals surface area (Å²) in [6.07, 6.45) is 1.70. The largest absolute Gasteiger partial charge is 0.467 e. The molecule has 1 unspecified atom stereocenters. The van der Waals surface area contributed by atoms with Crippen LogP contribution in [0.25, 0.3) is 0 Å². The zero-order valence-corrected chi connectivity index (χ0v) is 12.9. The quantitative estimate of drug-likeness (QED) is 0.863. The Morgan fingerprint density at radius 2 is 2.15 bits per heavy atom. The summed E-state index contributed by atoms with van der Waals surface area (Å²) < 4.78 is 5.41. The average Bonchev–Trinajstić information content (AvgIpc) is 2.97. The second kappa shape index (κ2) is 6.82. The van der Waals surface area contributed by atoms with Crippen molar-refractivity contribution in [2.24, 2.45) is 0 Å². The molecule has 0 aliphatic carbocycles. The van der Waals surface area contributed by atoms with Gasteiger partial charge in [0.2, 0.25) is 0 Å². The third-order valence-electron chi connectivity index (χ3n) is 3.55. The van der Waals surface area contributed by atoms with Crippen LogP contribution >= 0.6 is 11.6 Å². The first-order chi connectivity index (χ1) is 9.65. The maximum atomic E-state index is 6.44. The molecule has 1 aromatic heterocycles. The predicted octanol–water partition coefficient (Wildman–Crippen LogP) is 4.24. The fraction of sp³-hybridized carbons (Fsp3) is 0.375. The molecule has 0 fully saturated rings. The van der Waals surface area contributed by atoms with E-state index >= 15 is 0 Å². The molecule has 2 rings (SSSR count). The number of nitrogens with zero attached hydrogens (tertiary/aromatic N) is 1. The molecule has 0 bridgehead atoms. The monoisotopic (exact) mass is 292 g/mol. The minimum Gasteiger partial charge on any atom is -0.467 e. The van der Waals surface area contributed by atoms with Crippen LogP contribution in [0.2, 0.25) is 5.02 Å². The van der Waals surface area contributed by atoms with Crippen molar-refractivity contribution in [1.82, 2.24) is 5.32 Å². The van der Waals surface area contributed by atoms with Gasteiger partial charge in [-0.3, -0.25) is 0 Å². The molecule has 0 spiro atoms. The number of rotatable bonds is 6. The third kappa shape index (κ3) is 3.35. The van der Waals surface area contributed by atoms with Crippen LogP contribution in [0.5, 0.6) is 0 Å². The molecule has 0 radical (unpaired) electrons. The van der Waals surface area contributed by atoms with Crippen molar-refractivity contribution < 1.29 is 4.42 Å². The van der Waals surface area contributed by atoms with Crippen LogP contribution in [-0.2, 0) is 6.54 Å². The second-order valence-electron chi connectivity index (χ2n) is 4.81. The molecule has 1 aromatic carbocycles. The lowest BCUT2D eigenvalue weighted by Crippen LogP contribution is -2.22. The van der Waals surface area contributed by atoms with Crippen molar-refractivity contribution in [2.45, 2.75) is 26.4 Å². The van der Waals surface area contributed by atoms with Gasteiger partial charge >= 0.3 is 0 Å². The number of hydrogen-bond donors (Lipinski definition) is 1. The van der Waals surface area contributed by atoms with Gasteiger partial charge in [0.25, 0.3) is 0 Å². The third-order valence-corrected chi connectivity index (χ3v) is 3.86. The molecular weight excluding hydrogens is 272 g/mol. The lowest BCUT2D eigenvalue weighted by molar-refractivity contribution is 0.503. The van der Waals surface area contributed by atoms with Crippen molar-refractivity contribution in [2.75, 3.05) is 18.5 Å². The van der Waals surface area contributed by atoms with Crippen LogP contribution in [-0.4, -0.2) is 13.6 Å². The van der Waals surface area contributed by atoms with Crippen molar-refractivity contribution >= 4 is 17.3 Å². The highest BCUT2D eigenvalue weighted by atomic mass is 35.5. The Hall–Kier alpha value is -1.45. The number of furan rings is 1. The van der Waals surface area contributed by atoms with Crippen LogP contribution in [0.3, 0.4) is 0 Å². The second-order valence-corrected chi connectivity index (χ2v) is 5.22. The van der Waals surface area contributed by atoms with E-state index in [0.717, 1.165) is 29.6 Å². The molecule has 0 saturated heterocycles. The summed E-state index contributed by atoms with van der Waals surface area (Å²) in [5.74, 6) is 0.940. The number of halogens is 1. The average molecular weight is 293 g/mol. The van der Waals surface area contributed by atoms with E-state index in [1.54, 1.807) is 6.26 Å². The first kappa shape index (κ1) is 14.9. The summed E-state index contributed by atoms with van der Waals surface area (Å²) in [5, 5.41) is 4.00. The fourth-order valence-electron chi connectivity index (χ4n) is 2.17. The Kier molecular flexibility index (Phi) is 5.10. The molecule has 1 atom stereocenters. The van der Waals surface area contributed by atoms with Crippen LogP contribution in [0, 0.1) is 0 Å². The number of anilines is 1. The van der Waals surface area contributed by atoms with Gasteiger partial charge in [-0.25, -0.2) is 0 Å². The summed E-state index contributed by atoms with van der Waals surface area (Å²) in [6, 6.07) is 10.4. The van der Waals surface area contributed by atoms with E-state index in [0.29, 0.717) is 6.04 Å². The molecule has 0 aliphatic heterocycles. The molecule has 0 saturated carbocycles. The molecule has 20 heavy (non-hydrogen) atoms. The molecule has 108 valence electrons. The van der Waals surface area contributed by atoms with Gasteiger partial charge in [-0.2, -0.15) is 0 Å². The summed E-state index contributed by atoms with van der Waals surface area (Å²) in [6.45, 7) is 5.83. The van der Waals surface area contributed by atoms with E-state index in [2.05, 4.69) is 36.2 Å². The Bertz CT molecular complexity index is 539. The molecule has 3 nitrogen and oxygen atoms in total. The highest BCUT2D eigenvalue weighted by molar-refractivity contribution is 6.33. The molecule has 1 heterocycles. The highest BCUT2D eigenvalue weighted by Crippen LogP contribution is 2.30. The smallest absolute Gasteiger partial charge is 0.123 e. The van der Waals surface area contributed by atoms with Gasteiger partial charge in [-0.1, -0.05) is 17.7 Å². The van der Waals surface area contributed by atoms with Crippen LogP contribution < -0.4 is 10.2 Å². The Morgan fingerprint density at radius 3 is 2.70 bits per heavy atom. The van der Waals surface area contributed by atoms with Gasteiger partial charge in [0.15, 0.2) is 0 Å².